The Morgan fingerprint density at radius 3 is 2.42 bits per heavy atom. The summed E-state index contributed by atoms with van der Waals surface area (Å²) in [6, 6.07) is 10.5. The van der Waals surface area contributed by atoms with Gasteiger partial charge >= 0.3 is 12.1 Å². The van der Waals surface area contributed by atoms with E-state index < -0.39 is 23.7 Å². The molecule has 4 rings (SSSR count). The lowest BCUT2D eigenvalue weighted by atomic mass is 10.1. The van der Waals surface area contributed by atoms with Crippen molar-refractivity contribution in [2.45, 2.75) is 45.1 Å². The minimum absolute atomic E-state index is 0.0166. The number of likely N-dealkylation sites (tertiary alicyclic amines) is 1. The van der Waals surface area contributed by atoms with Gasteiger partial charge in [0.1, 0.15) is 18.2 Å². The molecule has 4 atom stereocenters. The third kappa shape index (κ3) is 7.24. The van der Waals surface area contributed by atoms with Crippen LogP contribution in [0.25, 0.3) is 0 Å². The number of benzene rings is 2. The molecule has 0 spiro atoms. The highest BCUT2D eigenvalue weighted by Gasteiger charge is 2.55. The predicted octanol–water partition coefficient (Wildman–Crippen LogP) is 4.45. The molecule has 1 N–H and O–H groups in total. The SMILES string of the molecule is CCOC(=O)[C@H](Cc1ccc(OCCNC2[C@H]3CN(Cc4cc(F)ccc4C(F)(F)F)C[C@@H]23)cc1)OCC. The number of carbonyl (C=O) groups excluding carboxylic acids is 1. The summed E-state index contributed by atoms with van der Waals surface area (Å²) < 4.78 is 69.8. The maximum absolute atomic E-state index is 13.6. The number of esters is 1. The zero-order chi connectivity index (χ0) is 27.3. The third-order valence-corrected chi connectivity index (χ3v) is 7.05. The second-order valence-corrected chi connectivity index (χ2v) is 9.69. The first-order valence-corrected chi connectivity index (χ1v) is 13.0. The summed E-state index contributed by atoms with van der Waals surface area (Å²) in [4.78, 5) is 14.0. The molecule has 1 aliphatic carbocycles. The van der Waals surface area contributed by atoms with Crippen molar-refractivity contribution in [3.05, 3.63) is 65.0 Å². The van der Waals surface area contributed by atoms with Gasteiger partial charge in [0.25, 0.3) is 0 Å². The van der Waals surface area contributed by atoms with E-state index in [1.54, 1.807) is 6.92 Å². The summed E-state index contributed by atoms with van der Waals surface area (Å²) in [5.74, 6) is 0.466. The largest absolute Gasteiger partial charge is 0.492 e. The summed E-state index contributed by atoms with van der Waals surface area (Å²) in [6.07, 6.45) is -4.71. The lowest BCUT2D eigenvalue weighted by Gasteiger charge is -2.22. The Balaban J connectivity index is 1.16. The number of nitrogens with zero attached hydrogens (tertiary/aromatic N) is 1. The fourth-order valence-corrected chi connectivity index (χ4v) is 5.23. The van der Waals surface area contributed by atoms with Crippen LogP contribution in [0.4, 0.5) is 17.6 Å². The van der Waals surface area contributed by atoms with E-state index in [-0.39, 0.29) is 18.1 Å². The third-order valence-electron chi connectivity index (χ3n) is 7.05. The number of halogens is 4. The first-order chi connectivity index (χ1) is 18.2. The Hall–Kier alpha value is -2.69. The highest BCUT2D eigenvalue weighted by Crippen LogP contribution is 2.46. The summed E-state index contributed by atoms with van der Waals surface area (Å²) >= 11 is 0. The van der Waals surface area contributed by atoms with Crippen molar-refractivity contribution in [1.29, 1.82) is 0 Å². The Morgan fingerprint density at radius 2 is 1.79 bits per heavy atom. The molecule has 1 heterocycles. The van der Waals surface area contributed by atoms with Gasteiger partial charge in [0.05, 0.1) is 12.2 Å². The number of fused-ring (bicyclic) bond motifs is 1. The van der Waals surface area contributed by atoms with Gasteiger partial charge in [0, 0.05) is 45.2 Å². The quantitative estimate of drug-likeness (QED) is 0.231. The van der Waals surface area contributed by atoms with Gasteiger partial charge in [-0.15, -0.1) is 0 Å². The molecule has 10 heteroatoms. The van der Waals surface area contributed by atoms with Gasteiger partial charge in [0.2, 0.25) is 0 Å². The highest BCUT2D eigenvalue weighted by atomic mass is 19.4. The smallest absolute Gasteiger partial charge is 0.416 e. The zero-order valence-corrected chi connectivity index (χ0v) is 21.6. The number of carbonyl (C=O) groups is 1. The molecule has 2 aliphatic rings. The highest BCUT2D eigenvalue weighted by molar-refractivity contribution is 5.75. The van der Waals surface area contributed by atoms with Crippen molar-refractivity contribution >= 4 is 5.97 Å². The number of piperidine rings is 1. The van der Waals surface area contributed by atoms with Gasteiger partial charge in [-0.05, 0) is 67.1 Å². The van der Waals surface area contributed by atoms with E-state index in [1.807, 2.05) is 36.1 Å². The van der Waals surface area contributed by atoms with E-state index in [2.05, 4.69) is 5.32 Å². The molecule has 1 saturated heterocycles. The number of rotatable bonds is 13. The van der Waals surface area contributed by atoms with Crippen LogP contribution in [0, 0.1) is 17.7 Å². The topological polar surface area (TPSA) is 60.0 Å². The Kier molecular flexibility index (Phi) is 9.27. The van der Waals surface area contributed by atoms with Crippen molar-refractivity contribution in [2.75, 3.05) is 39.5 Å². The van der Waals surface area contributed by atoms with Gasteiger partial charge in [-0.1, -0.05) is 12.1 Å². The normalized spacial score (nSPS) is 21.7. The molecule has 2 fully saturated rings. The van der Waals surface area contributed by atoms with Crippen LogP contribution in [0.1, 0.15) is 30.5 Å². The van der Waals surface area contributed by atoms with Crippen LogP contribution in [0.2, 0.25) is 0 Å². The maximum atomic E-state index is 13.6. The number of nitrogens with one attached hydrogen (secondary N) is 1. The summed E-state index contributed by atoms with van der Waals surface area (Å²) in [5, 5.41) is 3.47. The maximum Gasteiger partial charge on any atom is 0.416 e. The van der Waals surface area contributed by atoms with Gasteiger partial charge < -0.3 is 19.5 Å². The molecule has 6 nitrogen and oxygen atoms in total. The lowest BCUT2D eigenvalue weighted by molar-refractivity contribution is -0.156. The first-order valence-electron chi connectivity index (χ1n) is 13.0. The summed E-state index contributed by atoms with van der Waals surface area (Å²) in [6.45, 7) is 6.92. The molecule has 38 heavy (non-hydrogen) atoms. The van der Waals surface area contributed by atoms with Crippen LogP contribution < -0.4 is 10.1 Å². The fraction of sp³-hybridized carbons (Fsp3) is 0.536. The number of hydrogen-bond acceptors (Lipinski definition) is 6. The summed E-state index contributed by atoms with van der Waals surface area (Å²) in [7, 11) is 0. The molecule has 208 valence electrons. The van der Waals surface area contributed by atoms with Crippen molar-refractivity contribution in [1.82, 2.24) is 10.2 Å². The van der Waals surface area contributed by atoms with E-state index in [0.717, 1.165) is 29.5 Å². The van der Waals surface area contributed by atoms with E-state index in [9.17, 15) is 22.4 Å². The molecule has 2 aromatic carbocycles. The molecule has 1 aliphatic heterocycles. The van der Waals surface area contributed by atoms with Crippen LogP contribution in [0.5, 0.6) is 5.75 Å². The number of ether oxygens (including phenoxy) is 3. The van der Waals surface area contributed by atoms with Crippen molar-refractivity contribution < 1.29 is 36.6 Å². The van der Waals surface area contributed by atoms with Crippen LogP contribution in [0.3, 0.4) is 0 Å². The second-order valence-electron chi connectivity index (χ2n) is 9.69. The van der Waals surface area contributed by atoms with Crippen molar-refractivity contribution in [3.8, 4) is 5.75 Å². The van der Waals surface area contributed by atoms with Crippen LogP contribution in [-0.2, 0) is 33.4 Å². The fourth-order valence-electron chi connectivity index (χ4n) is 5.23. The molecule has 0 amide bonds. The molecule has 0 aromatic heterocycles. The zero-order valence-electron chi connectivity index (χ0n) is 21.6. The van der Waals surface area contributed by atoms with Gasteiger partial charge in [0.15, 0.2) is 6.10 Å². The van der Waals surface area contributed by atoms with E-state index in [0.29, 0.717) is 63.8 Å². The Labute approximate surface area is 220 Å². The van der Waals surface area contributed by atoms with Crippen molar-refractivity contribution in [2.24, 2.45) is 11.8 Å². The molecule has 1 saturated carbocycles. The van der Waals surface area contributed by atoms with Crippen LogP contribution in [-0.4, -0.2) is 62.5 Å². The minimum Gasteiger partial charge on any atom is -0.492 e. The number of hydrogen-bond donors (Lipinski definition) is 1. The minimum atomic E-state index is -4.50. The Morgan fingerprint density at radius 1 is 1.08 bits per heavy atom. The van der Waals surface area contributed by atoms with Gasteiger partial charge in [-0.25, -0.2) is 9.18 Å². The molecular formula is C28H34F4N2O4. The van der Waals surface area contributed by atoms with E-state index >= 15 is 0 Å². The average molecular weight is 539 g/mol. The van der Waals surface area contributed by atoms with E-state index in [1.165, 1.54) is 0 Å². The van der Waals surface area contributed by atoms with Gasteiger partial charge in [-0.2, -0.15) is 13.2 Å². The molecule has 1 unspecified atom stereocenters. The van der Waals surface area contributed by atoms with Crippen molar-refractivity contribution in [3.63, 3.8) is 0 Å². The van der Waals surface area contributed by atoms with Crippen LogP contribution >= 0.6 is 0 Å². The lowest BCUT2D eigenvalue weighted by Crippen LogP contribution is -2.33. The molecule has 0 bridgehead atoms. The van der Waals surface area contributed by atoms with Gasteiger partial charge in [-0.3, -0.25) is 4.90 Å². The predicted molar refractivity (Wildman–Crippen MR) is 133 cm³/mol. The second kappa shape index (κ2) is 12.4. The summed E-state index contributed by atoms with van der Waals surface area (Å²) in [5.41, 5.74) is 0.155. The number of alkyl halides is 3. The standard InChI is InChI=1S/C28H34F4N2O4/c1-3-36-25(27(35)37-4-2)13-18-5-8-21(9-6-18)38-12-11-33-26-22-16-34(17-23(22)26)15-19-14-20(29)7-10-24(19)28(30,31)32/h5-10,14,22-23,25-26,33H,3-4,11-13,15-17H2,1-2H3/t22-,23+,25-,26?/m0/s1. The molecule has 2 aromatic rings. The molecular weight excluding hydrogens is 504 g/mol. The molecule has 0 radical (unpaired) electrons. The first kappa shape index (κ1) is 28.3. The van der Waals surface area contributed by atoms with E-state index in [4.69, 9.17) is 14.2 Å². The Bertz CT molecular complexity index is 1070. The average Bonchev–Trinajstić information content (AvgIpc) is 3.31. The van der Waals surface area contributed by atoms with Crippen LogP contribution in [0.15, 0.2) is 42.5 Å². The monoisotopic (exact) mass is 538 g/mol.